The molecule has 0 radical (unpaired) electrons. The van der Waals surface area contributed by atoms with Gasteiger partial charge in [0.1, 0.15) is 18.3 Å². The summed E-state index contributed by atoms with van der Waals surface area (Å²) in [7, 11) is 0. The van der Waals surface area contributed by atoms with Gasteiger partial charge in [-0.2, -0.15) is 0 Å². The molecule has 1 rings (SSSR count). The Labute approximate surface area is 69.2 Å². The molecule has 0 bridgehead atoms. The van der Waals surface area contributed by atoms with Crippen molar-refractivity contribution in [3.63, 3.8) is 0 Å². The second-order valence-corrected chi connectivity index (χ2v) is 2.78. The fourth-order valence-corrected chi connectivity index (χ4v) is 1.14. The minimum atomic E-state index is -1.45. The molecule has 1 aliphatic rings. The van der Waals surface area contributed by atoms with Crippen molar-refractivity contribution in [3.05, 3.63) is 0 Å². The minimum absolute atomic E-state index is 0.0961. The van der Waals surface area contributed by atoms with Crippen molar-refractivity contribution in [1.82, 2.24) is 0 Å². The molecule has 6 heteroatoms. The van der Waals surface area contributed by atoms with Crippen LogP contribution in [0.5, 0.6) is 0 Å². The molecule has 72 valence electrons. The lowest BCUT2D eigenvalue weighted by Gasteiger charge is -2.18. The van der Waals surface area contributed by atoms with Crippen molar-refractivity contribution in [3.8, 4) is 0 Å². The largest absolute Gasteiger partial charge is 0.389 e. The average molecular weight is 179 g/mol. The van der Waals surface area contributed by atoms with Crippen LogP contribution in [0.3, 0.4) is 0 Å². The summed E-state index contributed by atoms with van der Waals surface area (Å²) in [6, 6.07) is 0. The summed E-state index contributed by atoms with van der Waals surface area (Å²) >= 11 is 0. The van der Waals surface area contributed by atoms with Crippen molar-refractivity contribution in [2.75, 3.05) is 6.54 Å². The lowest BCUT2D eigenvalue weighted by molar-refractivity contribution is -0.144. The van der Waals surface area contributed by atoms with Gasteiger partial charge in [0, 0.05) is 6.54 Å². The van der Waals surface area contributed by atoms with Gasteiger partial charge in [0.15, 0.2) is 6.29 Å². The van der Waals surface area contributed by atoms with Crippen LogP contribution in [-0.2, 0) is 4.74 Å². The first-order valence-corrected chi connectivity index (χ1v) is 3.65. The molecule has 0 amide bonds. The minimum Gasteiger partial charge on any atom is -0.389 e. The summed E-state index contributed by atoms with van der Waals surface area (Å²) in [5.41, 5.74) is 5.10. The van der Waals surface area contributed by atoms with E-state index < -0.39 is 30.7 Å². The average Bonchev–Trinajstić information content (AvgIpc) is 2.32. The summed E-state index contributed by atoms with van der Waals surface area (Å²) in [6.45, 7) is -0.0961. The standard InChI is InChI=1S/C6H13NO5/c7-1-2(8)5-3(9)4(10)6(11)12-5/h2-6,8-11H,1,7H2/t2-,3-,4-,5-,6?/m1/s1. The van der Waals surface area contributed by atoms with Gasteiger partial charge in [-0.3, -0.25) is 0 Å². The smallest absolute Gasteiger partial charge is 0.184 e. The van der Waals surface area contributed by atoms with Gasteiger partial charge in [0.05, 0.1) is 6.10 Å². The Morgan fingerprint density at radius 2 is 1.83 bits per heavy atom. The molecule has 1 heterocycles. The topological polar surface area (TPSA) is 116 Å². The maximum Gasteiger partial charge on any atom is 0.184 e. The van der Waals surface area contributed by atoms with Crippen molar-refractivity contribution in [1.29, 1.82) is 0 Å². The van der Waals surface area contributed by atoms with Crippen molar-refractivity contribution in [2.24, 2.45) is 5.73 Å². The second-order valence-electron chi connectivity index (χ2n) is 2.78. The third kappa shape index (κ3) is 1.58. The third-order valence-corrected chi connectivity index (χ3v) is 1.90. The fourth-order valence-electron chi connectivity index (χ4n) is 1.14. The van der Waals surface area contributed by atoms with Gasteiger partial charge in [-0.1, -0.05) is 0 Å². The predicted octanol–water partition coefficient (Wildman–Crippen LogP) is -3.25. The first kappa shape index (κ1) is 9.85. The monoisotopic (exact) mass is 179 g/mol. The summed E-state index contributed by atoms with van der Waals surface area (Å²) < 4.78 is 4.66. The molecule has 6 N–H and O–H groups in total. The first-order chi connectivity index (χ1) is 5.57. The van der Waals surface area contributed by atoms with E-state index in [2.05, 4.69) is 4.74 Å². The molecular weight excluding hydrogens is 166 g/mol. The van der Waals surface area contributed by atoms with Crippen LogP contribution in [0.25, 0.3) is 0 Å². The van der Waals surface area contributed by atoms with Crippen LogP contribution in [0.4, 0.5) is 0 Å². The normalized spacial score (nSPS) is 44.8. The molecular formula is C6H13NO5. The maximum absolute atomic E-state index is 9.18. The van der Waals surface area contributed by atoms with Crippen LogP contribution in [0, 0.1) is 0 Å². The van der Waals surface area contributed by atoms with Crippen LogP contribution >= 0.6 is 0 Å². The van der Waals surface area contributed by atoms with Crippen molar-refractivity contribution >= 4 is 0 Å². The highest BCUT2D eigenvalue weighted by Gasteiger charge is 2.44. The number of ether oxygens (including phenoxy) is 1. The second kappa shape index (κ2) is 3.65. The number of rotatable bonds is 2. The lowest BCUT2D eigenvalue weighted by Crippen LogP contribution is -2.42. The summed E-state index contributed by atoms with van der Waals surface area (Å²) in [5, 5.41) is 36.2. The van der Waals surface area contributed by atoms with E-state index in [1.165, 1.54) is 0 Å². The van der Waals surface area contributed by atoms with Crippen molar-refractivity contribution in [2.45, 2.75) is 30.7 Å². The number of aliphatic hydroxyl groups is 4. The highest BCUT2D eigenvalue weighted by atomic mass is 16.6. The van der Waals surface area contributed by atoms with E-state index in [-0.39, 0.29) is 6.54 Å². The van der Waals surface area contributed by atoms with Gasteiger partial charge in [-0.15, -0.1) is 0 Å². The molecule has 1 fully saturated rings. The van der Waals surface area contributed by atoms with Gasteiger partial charge in [-0.05, 0) is 0 Å². The van der Waals surface area contributed by atoms with Gasteiger partial charge >= 0.3 is 0 Å². The molecule has 0 aromatic carbocycles. The molecule has 0 saturated carbocycles. The zero-order valence-electron chi connectivity index (χ0n) is 6.37. The van der Waals surface area contributed by atoms with E-state index in [4.69, 9.17) is 21.1 Å². The van der Waals surface area contributed by atoms with E-state index in [9.17, 15) is 5.11 Å². The lowest BCUT2D eigenvalue weighted by atomic mass is 10.1. The highest BCUT2D eigenvalue weighted by Crippen LogP contribution is 2.21. The molecule has 0 aromatic rings. The van der Waals surface area contributed by atoms with E-state index in [0.717, 1.165) is 0 Å². The zero-order chi connectivity index (χ0) is 9.30. The van der Waals surface area contributed by atoms with Crippen LogP contribution in [-0.4, -0.2) is 57.7 Å². The molecule has 5 atom stereocenters. The van der Waals surface area contributed by atoms with E-state index in [1.54, 1.807) is 0 Å². The number of hydrogen-bond acceptors (Lipinski definition) is 6. The Balaban J connectivity index is 2.58. The van der Waals surface area contributed by atoms with E-state index in [0.29, 0.717) is 0 Å². The van der Waals surface area contributed by atoms with Gasteiger partial charge in [-0.25, -0.2) is 0 Å². The number of hydrogen-bond donors (Lipinski definition) is 5. The Kier molecular flexibility index (Phi) is 2.99. The predicted molar refractivity (Wildman–Crippen MR) is 38.0 cm³/mol. The third-order valence-electron chi connectivity index (χ3n) is 1.90. The summed E-state index contributed by atoms with van der Waals surface area (Å²) in [5.74, 6) is 0. The molecule has 1 aliphatic heterocycles. The molecule has 0 spiro atoms. The summed E-state index contributed by atoms with van der Waals surface area (Å²) in [4.78, 5) is 0. The molecule has 1 unspecified atom stereocenters. The quantitative estimate of drug-likeness (QED) is 0.304. The molecule has 12 heavy (non-hydrogen) atoms. The highest BCUT2D eigenvalue weighted by molar-refractivity contribution is 4.90. The maximum atomic E-state index is 9.18. The van der Waals surface area contributed by atoms with Crippen LogP contribution in [0.1, 0.15) is 0 Å². The Morgan fingerprint density at radius 1 is 1.25 bits per heavy atom. The first-order valence-electron chi connectivity index (χ1n) is 3.65. The van der Waals surface area contributed by atoms with Crippen molar-refractivity contribution < 1.29 is 25.2 Å². The van der Waals surface area contributed by atoms with Crippen LogP contribution in [0.15, 0.2) is 0 Å². The fraction of sp³-hybridized carbons (Fsp3) is 1.00. The number of aliphatic hydroxyl groups excluding tert-OH is 4. The molecule has 6 nitrogen and oxygen atoms in total. The molecule has 0 aliphatic carbocycles. The SMILES string of the molecule is NC[C@@H](O)[C@H]1OC(O)[C@H](O)[C@H]1O. The van der Waals surface area contributed by atoms with Gasteiger partial charge in [0.25, 0.3) is 0 Å². The van der Waals surface area contributed by atoms with E-state index in [1.807, 2.05) is 0 Å². The molecule has 1 saturated heterocycles. The Bertz CT molecular complexity index is 155. The van der Waals surface area contributed by atoms with E-state index >= 15 is 0 Å². The Morgan fingerprint density at radius 3 is 2.17 bits per heavy atom. The van der Waals surface area contributed by atoms with Gasteiger partial charge in [0.2, 0.25) is 0 Å². The van der Waals surface area contributed by atoms with Crippen LogP contribution < -0.4 is 5.73 Å². The number of nitrogens with two attached hydrogens (primary N) is 1. The van der Waals surface area contributed by atoms with Gasteiger partial charge < -0.3 is 30.9 Å². The Hall–Kier alpha value is -0.240. The van der Waals surface area contributed by atoms with Crippen LogP contribution in [0.2, 0.25) is 0 Å². The zero-order valence-corrected chi connectivity index (χ0v) is 6.37. The summed E-state index contributed by atoms with van der Waals surface area (Å²) in [6.07, 6.45) is -6.22. The molecule has 0 aromatic heterocycles.